The van der Waals surface area contributed by atoms with Gasteiger partial charge in [0.25, 0.3) is 0 Å². The number of nitrogens with zero attached hydrogens (tertiary/aromatic N) is 18. The van der Waals surface area contributed by atoms with Crippen LogP contribution in [0.4, 0.5) is 0 Å². The summed E-state index contributed by atoms with van der Waals surface area (Å²) < 4.78 is 42.7. The molecule has 1 fully saturated rings. The molecule has 0 saturated carbocycles. The van der Waals surface area contributed by atoms with Gasteiger partial charge >= 0.3 is 0 Å². The molecule has 0 aliphatic carbocycles. The van der Waals surface area contributed by atoms with E-state index in [1.165, 1.54) is 6.92 Å². The molecule has 0 aromatic rings. The molecule has 19 unspecified atom stereocenters. The van der Waals surface area contributed by atoms with Crippen LogP contribution in [0.1, 0.15) is 51.9 Å². The highest BCUT2D eigenvalue weighted by molar-refractivity contribution is 5.14. The molecule has 3 aliphatic rings. The molecule has 3 aliphatic heterocycles. The van der Waals surface area contributed by atoms with E-state index in [9.17, 15) is 102 Å². The molecular weight excluding hydrogens is 1220 g/mol. The fourth-order valence-corrected chi connectivity index (χ4v) is 7.85. The van der Waals surface area contributed by atoms with Crippen LogP contribution in [0.5, 0.6) is 0 Å². The second kappa shape index (κ2) is 39.7. The third-order valence-corrected chi connectivity index (χ3v) is 12.4. The highest BCUT2D eigenvalue weighted by Crippen LogP contribution is 2.32. The Hall–Kier alpha value is -8.16. The standard InChI is InChI=1S/C43H68N18O28/c1-2-3-15-22(62)29(69)38(77)86-19(7-12-53-59-47)26(66)34(74)42(81)89-36-21(14-55-61-49)88-43(35(75)28(36)68)87-20(8-13-54-60-48)27(67)33(73)41(80)85-18(6-11-52-58-46)25(65)32(72)40(79)84-17(5-10-51-57-45)24(64)31(71)39(78)83-16(4-9-50-56-44)23(63)30(70)37(76)82-15/h15-21,23,28,30,35-43,62-81H,2-14H2,1H3/b29-22-,31-24+,32-25-,33-27-,34-26+. The highest BCUT2D eigenvalue weighted by atomic mass is 16.7. The van der Waals surface area contributed by atoms with Crippen LogP contribution in [0, 0.1) is 0 Å². The zero-order valence-corrected chi connectivity index (χ0v) is 46.4. The van der Waals surface area contributed by atoms with Crippen LogP contribution in [-0.2, 0) is 37.9 Å². The van der Waals surface area contributed by atoms with Gasteiger partial charge in [0.1, 0.15) is 61.0 Å². The first-order valence-corrected chi connectivity index (χ1v) is 25.9. The lowest BCUT2D eigenvalue weighted by Gasteiger charge is -2.43. The van der Waals surface area contributed by atoms with Crippen molar-refractivity contribution < 1.29 is 140 Å². The maximum absolute atomic E-state index is 11.4. The number of aliphatic hydroxyl groups is 20. The Kier molecular flexibility index (Phi) is 34.3. The van der Waals surface area contributed by atoms with E-state index >= 15 is 0 Å². The first-order valence-electron chi connectivity index (χ1n) is 25.9. The Morgan fingerprint density at radius 2 is 0.629 bits per heavy atom. The molecule has 20 N–H and O–H groups in total. The fourth-order valence-electron chi connectivity index (χ4n) is 7.85. The molecule has 498 valence electrons. The van der Waals surface area contributed by atoms with Gasteiger partial charge in [-0.25, -0.2) is 0 Å². The lowest BCUT2D eigenvalue weighted by atomic mass is 9.98. The van der Waals surface area contributed by atoms with Gasteiger partial charge in [0.15, 0.2) is 70.2 Å². The van der Waals surface area contributed by atoms with Gasteiger partial charge in [-0.2, -0.15) is 0 Å². The zero-order chi connectivity index (χ0) is 67.1. The maximum atomic E-state index is 11.4. The Balaban J connectivity index is 3.05. The van der Waals surface area contributed by atoms with E-state index in [4.69, 9.17) is 71.1 Å². The number of rotatable bonds is 19. The van der Waals surface area contributed by atoms with Crippen LogP contribution in [-0.4, -0.2) is 259 Å². The first-order chi connectivity index (χ1) is 42.2. The average molecular weight is 1290 g/mol. The predicted octanol–water partition coefficient (Wildman–Crippen LogP) is 2.03. The monoisotopic (exact) mass is 1280 g/mol. The maximum Gasteiger partial charge on any atom is 0.218 e. The molecule has 0 amide bonds. The number of fused-ring (bicyclic) bond motifs is 27. The normalized spacial score (nSPS) is 36.6. The topological polar surface area (TPSA) is 771 Å². The Morgan fingerprint density at radius 1 is 0.315 bits per heavy atom. The summed E-state index contributed by atoms with van der Waals surface area (Å²) in [5, 5.41) is 242. The zero-order valence-electron chi connectivity index (χ0n) is 46.4. The van der Waals surface area contributed by atoms with Crippen molar-refractivity contribution in [2.24, 2.45) is 30.7 Å². The van der Waals surface area contributed by atoms with Gasteiger partial charge in [-0.05, 0) is 71.7 Å². The minimum Gasteiger partial charge on any atom is -0.506 e. The third kappa shape index (κ3) is 23.4. The van der Waals surface area contributed by atoms with Gasteiger partial charge in [0.2, 0.25) is 31.5 Å². The molecule has 1 saturated heterocycles. The lowest BCUT2D eigenvalue weighted by Crippen LogP contribution is -2.61. The first kappa shape index (κ1) is 76.9. The summed E-state index contributed by atoms with van der Waals surface area (Å²) in [5.41, 5.74) is 53.7. The van der Waals surface area contributed by atoms with E-state index < -0.39 is 253 Å². The summed E-state index contributed by atoms with van der Waals surface area (Å²) >= 11 is 0. The van der Waals surface area contributed by atoms with Crippen LogP contribution < -0.4 is 0 Å². The van der Waals surface area contributed by atoms with Crippen LogP contribution in [0.15, 0.2) is 88.3 Å². The smallest absolute Gasteiger partial charge is 0.218 e. The largest absolute Gasteiger partial charge is 0.506 e. The van der Waals surface area contributed by atoms with Crippen molar-refractivity contribution in [1.29, 1.82) is 0 Å². The van der Waals surface area contributed by atoms with E-state index in [1.807, 2.05) is 0 Å². The number of hydrogen-bond donors (Lipinski definition) is 20. The van der Waals surface area contributed by atoms with Gasteiger partial charge in [-0.3, -0.25) is 0 Å². The SMILES string of the molecule is CCCC1OC(O)C(O)C(O)C(CCN=[N+]=[N-])OC(O)/C(O)=C(\O)C(CCN=[N+]=[N-])OC(O)/C(O)=C(/O)C(CCN=[N+]=[N-])OC(O)/C(O)=C(/O)C(CCN=[N+]=[N-])OC2OC(CN=[N+]=[N-])C(OC(O)/C(O)=C(\O)C(CCN=[N+]=[N-])OC(O)/C(O)=C\1O)C(O)C2O. The molecule has 2 bridgehead atoms. The molecule has 0 aromatic carbocycles. The molecule has 19 atom stereocenters. The van der Waals surface area contributed by atoms with Crippen molar-refractivity contribution >= 4 is 0 Å². The van der Waals surface area contributed by atoms with E-state index in [2.05, 4.69) is 60.2 Å². The van der Waals surface area contributed by atoms with Crippen molar-refractivity contribution in [3.63, 3.8) is 0 Å². The number of ether oxygens (including phenoxy) is 8. The van der Waals surface area contributed by atoms with Crippen molar-refractivity contribution in [2.75, 3.05) is 39.3 Å². The minimum atomic E-state index is -2.92. The summed E-state index contributed by atoms with van der Waals surface area (Å²) in [4.78, 5) is 15.0. The van der Waals surface area contributed by atoms with Crippen molar-refractivity contribution in [1.82, 2.24) is 0 Å². The summed E-state index contributed by atoms with van der Waals surface area (Å²) in [7, 11) is 0. The van der Waals surface area contributed by atoms with Gasteiger partial charge in [0.05, 0.1) is 18.8 Å². The van der Waals surface area contributed by atoms with Gasteiger partial charge < -0.3 is 140 Å². The molecule has 3 rings (SSSR count). The van der Waals surface area contributed by atoms with Gasteiger partial charge in [-0.1, -0.05) is 44.0 Å². The van der Waals surface area contributed by atoms with Crippen LogP contribution in [0.2, 0.25) is 0 Å². The number of azide groups is 6. The molecule has 89 heavy (non-hydrogen) atoms. The molecule has 0 spiro atoms. The van der Waals surface area contributed by atoms with Crippen LogP contribution in [0.3, 0.4) is 0 Å². The van der Waals surface area contributed by atoms with Crippen LogP contribution >= 0.6 is 0 Å². The van der Waals surface area contributed by atoms with Crippen LogP contribution in [0.25, 0.3) is 62.7 Å². The van der Waals surface area contributed by atoms with Gasteiger partial charge in [0, 0.05) is 62.2 Å². The Morgan fingerprint density at radius 3 is 0.978 bits per heavy atom. The van der Waals surface area contributed by atoms with Gasteiger partial charge in [-0.15, -0.1) is 0 Å². The number of aliphatic hydroxyl groups excluding tert-OH is 20. The molecule has 3 heterocycles. The Labute approximate surface area is 498 Å². The van der Waals surface area contributed by atoms with E-state index in [-0.39, 0.29) is 6.42 Å². The molecular formula is C43H68N18O28. The van der Waals surface area contributed by atoms with E-state index in [0.29, 0.717) is 0 Å². The summed E-state index contributed by atoms with van der Waals surface area (Å²) in [6.45, 7) is -2.89. The Bertz CT molecular complexity index is 2750. The molecule has 0 radical (unpaired) electrons. The van der Waals surface area contributed by atoms with Crippen molar-refractivity contribution in [3.05, 3.63) is 120 Å². The average Bonchev–Trinajstić information content (AvgIpc) is 3.71. The summed E-state index contributed by atoms with van der Waals surface area (Å²) in [5.74, 6) is -15.9. The van der Waals surface area contributed by atoms with E-state index in [1.54, 1.807) is 0 Å². The number of hydrogen-bond acceptors (Lipinski definition) is 34. The van der Waals surface area contributed by atoms with Crippen molar-refractivity contribution in [3.8, 4) is 0 Å². The molecule has 0 aromatic heterocycles. The highest BCUT2D eigenvalue weighted by Gasteiger charge is 2.49. The molecule has 46 heteroatoms. The van der Waals surface area contributed by atoms with E-state index in [0.717, 1.165) is 0 Å². The fraction of sp³-hybridized carbons (Fsp3) is 0.767. The minimum absolute atomic E-state index is 0.0206. The second-order valence-corrected chi connectivity index (χ2v) is 18.3. The second-order valence-electron chi connectivity index (χ2n) is 18.3. The summed E-state index contributed by atoms with van der Waals surface area (Å²) in [6.07, 6.45) is -50.9. The van der Waals surface area contributed by atoms with Crippen molar-refractivity contribution in [2.45, 2.75) is 169 Å². The third-order valence-electron chi connectivity index (χ3n) is 12.4. The lowest BCUT2D eigenvalue weighted by molar-refractivity contribution is -0.323. The quantitative estimate of drug-likeness (QED) is 0.0500. The summed E-state index contributed by atoms with van der Waals surface area (Å²) in [6, 6.07) is 0. The predicted molar refractivity (Wildman–Crippen MR) is 286 cm³/mol. The molecule has 46 nitrogen and oxygen atoms in total.